The van der Waals surface area contributed by atoms with Gasteiger partial charge in [0.2, 0.25) is 5.96 Å². The number of nitrogens with one attached hydrogen (secondary N) is 2. The van der Waals surface area contributed by atoms with E-state index in [0.717, 1.165) is 5.75 Å². The maximum atomic E-state index is 5.25. The molecule has 0 aromatic rings. The van der Waals surface area contributed by atoms with Crippen molar-refractivity contribution in [2.75, 3.05) is 18.6 Å². The van der Waals surface area contributed by atoms with Crippen LogP contribution in [0, 0.1) is 0 Å². The van der Waals surface area contributed by atoms with Gasteiger partial charge in [0.25, 0.3) is 0 Å². The number of rotatable bonds is 1. The van der Waals surface area contributed by atoms with Gasteiger partial charge in [-0.1, -0.05) is 0 Å². The monoisotopic (exact) mass is 188 g/mol. The van der Waals surface area contributed by atoms with Gasteiger partial charge in [-0.2, -0.15) is 11.8 Å². The van der Waals surface area contributed by atoms with Crippen LogP contribution in [0.4, 0.5) is 0 Å². The van der Waals surface area contributed by atoms with Crippen LogP contribution in [0.3, 0.4) is 0 Å². The largest absolute Gasteiger partial charge is 0.352 e. The molecule has 0 aliphatic carbocycles. The smallest absolute Gasteiger partial charge is 0.205 e. The van der Waals surface area contributed by atoms with Gasteiger partial charge in [-0.15, -0.1) is 0 Å². The van der Waals surface area contributed by atoms with E-state index in [0.29, 0.717) is 12.0 Å². The maximum absolute atomic E-state index is 5.25. The molecule has 1 unspecified atom stereocenters. The molecule has 1 heterocycles. The van der Waals surface area contributed by atoms with Crippen LogP contribution in [-0.2, 0) is 0 Å². The summed E-state index contributed by atoms with van der Waals surface area (Å²) in [6.07, 6.45) is 2.50. The molecule has 70 valence electrons. The predicted molar refractivity (Wildman–Crippen MR) is 54.2 cm³/mol. The molecular weight excluding hydrogens is 172 g/mol. The zero-order chi connectivity index (χ0) is 8.81. The van der Waals surface area contributed by atoms with E-state index in [4.69, 9.17) is 5.84 Å². The fourth-order valence-electron chi connectivity index (χ4n) is 1.22. The van der Waals surface area contributed by atoms with Gasteiger partial charge in [-0.25, -0.2) is 5.84 Å². The normalized spacial score (nSPS) is 25.2. The number of guanidine groups is 1. The van der Waals surface area contributed by atoms with Gasteiger partial charge in [0.15, 0.2) is 0 Å². The Balaban J connectivity index is 2.28. The number of nitrogens with zero attached hydrogens (tertiary/aromatic N) is 1. The van der Waals surface area contributed by atoms with Gasteiger partial charge in [-0.3, -0.25) is 10.4 Å². The lowest BCUT2D eigenvalue weighted by molar-refractivity contribution is 0.583. The van der Waals surface area contributed by atoms with Crippen molar-refractivity contribution >= 4 is 17.7 Å². The lowest BCUT2D eigenvalue weighted by Crippen LogP contribution is -2.47. The van der Waals surface area contributed by atoms with Crippen LogP contribution in [0.5, 0.6) is 0 Å². The molecule has 4 nitrogen and oxygen atoms in total. The van der Waals surface area contributed by atoms with E-state index in [1.54, 1.807) is 7.05 Å². The van der Waals surface area contributed by atoms with Crippen molar-refractivity contribution in [3.8, 4) is 0 Å². The Hall–Kier alpha value is -0.420. The van der Waals surface area contributed by atoms with E-state index in [9.17, 15) is 0 Å². The van der Waals surface area contributed by atoms with Gasteiger partial charge in [0.05, 0.1) is 0 Å². The first kappa shape index (κ1) is 9.67. The van der Waals surface area contributed by atoms with Crippen molar-refractivity contribution in [2.24, 2.45) is 10.8 Å². The molecule has 0 bridgehead atoms. The Morgan fingerprint density at radius 3 is 3.00 bits per heavy atom. The van der Waals surface area contributed by atoms with Gasteiger partial charge in [0, 0.05) is 18.8 Å². The lowest BCUT2D eigenvalue weighted by atomic mass is 10.2. The third-order valence-electron chi connectivity index (χ3n) is 1.86. The van der Waals surface area contributed by atoms with Crippen molar-refractivity contribution < 1.29 is 0 Å². The summed E-state index contributed by atoms with van der Waals surface area (Å²) in [5, 5.41) is 3.25. The molecule has 0 aromatic carbocycles. The number of nitrogens with two attached hydrogens (primary N) is 1. The van der Waals surface area contributed by atoms with Crippen molar-refractivity contribution in [1.82, 2.24) is 10.7 Å². The summed E-state index contributed by atoms with van der Waals surface area (Å²) in [6, 6.07) is 0.526. The number of hydrogen-bond acceptors (Lipinski definition) is 3. The average molecular weight is 188 g/mol. The molecule has 0 aromatic heterocycles. The van der Waals surface area contributed by atoms with Crippen molar-refractivity contribution in [2.45, 2.75) is 18.9 Å². The molecule has 0 amide bonds. The third-order valence-corrected chi connectivity index (χ3v) is 3.08. The molecule has 1 atom stereocenters. The fourth-order valence-corrected chi connectivity index (χ4v) is 2.29. The standard InChI is InChI=1S/C7H16N4S/c1-9-7(11-8)10-6-3-2-4-12-5-6/h6H,2-5,8H2,1H3,(H2,9,10,11). The van der Waals surface area contributed by atoms with Gasteiger partial charge in [0.1, 0.15) is 0 Å². The first-order valence-corrected chi connectivity index (χ1v) is 5.30. The SMILES string of the molecule is CN=C(NN)NC1CCCSC1. The van der Waals surface area contributed by atoms with Crippen molar-refractivity contribution in [3.63, 3.8) is 0 Å². The van der Waals surface area contributed by atoms with Crippen LogP contribution in [0.1, 0.15) is 12.8 Å². The second kappa shape index (κ2) is 5.27. The average Bonchev–Trinajstić information content (AvgIpc) is 2.16. The first-order chi connectivity index (χ1) is 5.86. The zero-order valence-corrected chi connectivity index (χ0v) is 8.16. The summed E-state index contributed by atoms with van der Waals surface area (Å²) in [7, 11) is 1.72. The summed E-state index contributed by atoms with van der Waals surface area (Å²) in [5.41, 5.74) is 2.53. The Morgan fingerprint density at radius 1 is 1.67 bits per heavy atom. The Bertz CT molecular complexity index is 153. The Labute approximate surface area is 77.4 Å². The van der Waals surface area contributed by atoms with E-state index in [1.807, 2.05) is 11.8 Å². The molecule has 12 heavy (non-hydrogen) atoms. The summed E-state index contributed by atoms with van der Waals surface area (Å²) in [4.78, 5) is 3.96. The molecule has 0 spiro atoms. The predicted octanol–water partition coefficient (Wildman–Crippen LogP) is -0.0793. The number of aliphatic imine (C=N–C) groups is 1. The number of hydrogen-bond donors (Lipinski definition) is 3. The minimum absolute atomic E-state index is 0.526. The second-order valence-corrected chi connectivity index (χ2v) is 3.92. The van der Waals surface area contributed by atoms with E-state index >= 15 is 0 Å². The highest BCUT2D eigenvalue weighted by atomic mass is 32.2. The summed E-state index contributed by atoms with van der Waals surface area (Å²) >= 11 is 1.98. The van der Waals surface area contributed by atoms with Crippen molar-refractivity contribution in [3.05, 3.63) is 0 Å². The van der Waals surface area contributed by atoms with Gasteiger partial charge >= 0.3 is 0 Å². The molecule has 0 radical (unpaired) electrons. The zero-order valence-electron chi connectivity index (χ0n) is 7.34. The highest BCUT2D eigenvalue weighted by molar-refractivity contribution is 7.99. The highest BCUT2D eigenvalue weighted by Gasteiger charge is 2.13. The molecule has 1 aliphatic rings. The van der Waals surface area contributed by atoms with Gasteiger partial charge in [-0.05, 0) is 18.6 Å². The van der Waals surface area contributed by atoms with Crippen LogP contribution in [0.25, 0.3) is 0 Å². The van der Waals surface area contributed by atoms with Crippen LogP contribution in [-0.4, -0.2) is 30.6 Å². The van der Waals surface area contributed by atoms with Crippen molar-refractivity contribution in [1.29, 1.82) is 0 Å². The second-order valence-electron chi connectivity index (χ2n) is 2.77. The van der Waals surface area contributed by atoms with Crippen LogP contribution >= 0.6 is 11.8 Å². The Morgan fingerprint density at radius 2 is 2.50 bits per heavy atom. The summed E-state index contributed by atoms with van der Waals surface area (Å²) in [5.74, 6) is 8.37. The van der Waals surface area contributed by atoms with E-state index in [-0.39, 0.29) is 0 Å². The first-order valence-electron chi connectivity index (χ1n) is 4.14. The minimum Gasteiger partial charge on any atom is -0.352 e. The minimum atomic E-state index is 0.526. The van der Waals surface area contributed by atoms with Crippen LogP contribution in [0.2, 0.25) is 0 Å². The lowest BCUT2D eigenvalue weighted by Gasteiger charge is -2.23. The van der Waals surface area contributed by atoms with E-state index in [1.165, 1.54) is 18.6 Å². The molecule has 5 heteroatoms. The molecule has 0 saturated carbocycles. The molecule has 1 aliphatic heterocycles. The van der Waals surface area contributed by atoms with E-state index in [2.05, 4.69) is 15.7 Å². The molecule has 1 fully saturated rings. The quantitative estimate of drug-likeness (QED) is 0.233. The summed E-state index contributed by atoms with van der Waals surface area (Å²) in [6.45, 7) is 0. The fraction of sp³-hybridized carbons (Fsp3) is 0.857. The summed E-state index contributed by atoms with van der Waals surface area (Å²) < 4.78 is 0. The highest BCUT2D eigenvalue weighted by Crippen LogP contribution is 2.16. The van der Waals surface area contributed by atoms with E-state index < -0.39 is 0 Å². The molecule has 1 rings (SSSR count). The molecule has 1 saturated heterocycles. The van der Waals surface area contributed by atoms with Crippen LogP contribution in [0.15, 0.2) is 4.99 Å². The molecular formula is C7H16N4S. The van der Waals surface area contributed by atoms with Crippen LogP contribution < -0.4 is 16.6 Å². The number of hydrazine groups is 1. The third kappa shape index (κ3) is 2.91. The van der Waals surface area contributed by atoms with Gasteiger partial charge < -0.3 is 5.32 Å². The number of thioether (sulfide) groups is 1. The topological polar surface area (TPSA) is 62.4 Å². The molecule has 4 N–H and O–H groups in total. The maximum Gasteiger partial charge on any atom is 0.205 e. The Kier molecular flexibility index (Phi) is 4.24.